The van der Waals surface area contributed by atoms with E-state index in [4.69, 9.17) is 9.52 Å². The third-order valence-corrected chi connectivity index (χ3v) is 3.09. The van der Waals surface area contributed by atoms with Gasteiger partial charge in [0.15, 0.2) is 0 Å². The first kappa shape index (κ1) is 16.1. The summed E-state index contributed by atoms with van der Waals surface area (Å²) in [7, 11) is 0. The van der Waals surface area contributed by atoms with E-state index in [-0.39, 0.29) is 6.54 Å². The molecule has 0 aliphatic heterocycles. The molecule has 4 nitrogen and oxygen atoms in total. The fraction of sp³-hybridized carbons (Fsp3) is 0.267. The average Bonchev–Trinajstić information content (AvgIpc) is 2.92. The molecule has 2 aromatic rings. The number of carbonyl (C=O) groups is 1. The van der Waals surface area contributed by atoms with Gasteiger partial charge in [-0.2, -0.15) is 13.2 Å². The van der Waals surface area contributed by atoms with E-state index in [1.807, 2.05) is 0 Å². The van der Waals surface area contributed by atoms with Crippen LogP contribution in [0.1, 0.15) is 18.2 Å². The second kappa shape index (κ2) is 6.23. The summed E-state index contributed by atoms with van der Waals surface area (Å²) in [6.45, 7) is 1.66. The molecule has 0 saturated heterocycles. The normalized spacial score (nSPS) is 13.1. The molecule has 2 N–H and O–H groups in total. The van der Waals surface area contributed by atoms with Gasteiger partial charge in [-0.3, -0.25) is 10.1 Å². The first-order valence-corrected chi connectivity index (χ1v) is 6.50. The zero-order chi connectivity index (χ0) is 16.3. The molecule has 2 rings (SSSR count). The second-order valence-corrected chi connectivity index (χ2v) is 4.79. The summed E-state index contributed by atoms with van der Waals surface area (Å²) in [6, 6.07) is 7.23. The molecule has 0 saturated carbocycles. The van der Waals surface area contributed by atoms with Crippen molar-refractivity contribution in [3.8, 4) is 11.3 Å². The van der Waals surface area contributed by atoms with Crippen LogP contribution in [0.15, 0.2) is 40.8 Å². The second-order valence-electron chi connectivity index (χ2n) is 4.79. The highest BCUT2D eigenvalue weighted by Gasteiger charge is 2.30. The summed E-state index contributed by atoms with van der Waals surface area (Å²) in [5.41, 5.74) is -0.437. The summed E-state index contributed by atoms with van der Waals surface area (Å²) in [5, 5.41) is 11.5. The average molecular weight is 313 g/mol. The molecule has 0 radical (unpaired) electrons. The quantitative estimate of drug-likeness (QED) is 0.886. The summed E-state index contributed by atoms with van der Waals surface area (Å²) < 4.78 is 43.5. The number of alkyl halides is 3. The lowest BCUT2D eigenvalue weighted by molar-refractivity contribution is -0.139. The first-order valence-electron chi connectivity index (χ1n) is 6.50. The summed E-state index contributed by atoms with van der Waals surface area (Å²) >= 11 is 0. The van der Waals surface area contributed by atoms with Crippen LogP contribution in [0.2, 0.25) is 0 Å². The molecular formula is C15H14F3NO3. The molecule has 7 heteroatoms. The van der Waals surface area contributed by atoms with Crippen molar-refractivity contribution in [1.29, 1.82) is 0 Å². The standard InChI is InChI=1S/C15H14F3NO3/c1-9(14(20)21)19-8-12-5-6-13(22-12)10-3-2-4-11(7-10)15(16,17)18/h2-7,9,19H,8H2,1H3,(H,20,21)/t9-/m0/s1. The number of aliphatic carboxylic acids is 1. The third-order valence-electron chi connectivity index (χ3n) is 3.09. The molecule has 1 atom stereocenters. The minimum atomic E-state index is -4.41. The van der Waals surface area contributed by atoms with Gasteiger partial charge in [-0.1, -0.05) is 12.1 Å². The van der Waals surface area contributed by atoms with Crippen LogP contribution in [0.3, 0.4) is 0 Å². The Bertz CT molecular complexity index is 664. The van der Waals surface area contributed by atoms with Gasteiger partial charge in [-0.25, -0.2) is 0 Å². The molecule has 0 aliphatic carbocycles. The molecule has 0 fully saturated rings. The van der Waals surface area contributed by atoms with Crippen molar-refractivity contribution in [3.63, 3.8) is 0 Å². The lowest BCUT2D eigenvalue weighted by Gasteiger charge is -2.08. The molecule has 0 bridgehead atoms. The molecule has 0 amide bonds. The highest BCUT2D eigenvalue weighted by atomic mass is 19.4. The molecule has 0 spiro atoms. The highest BCUT2D eigenvalue weighted by molar-refractivity contribution is 5.72. The molecule has 118 valence electrons. The van der Waals surface area contributed by atoms with Gasteiger partial charge in [0.25, 0.3) is 0 Å². The van der Waals surface area contributed by atoms with Gasteiger partial charge in [-0.15, -0.1) is 0 Å². The first-order chi connectivity index (χ1) is 10.3. The van der Waals surface area contributed by atoms with Crippen LogP contribution in [0, 0.1) is 0 Å². The van der Waals surface area contributed by atoms with Crippen LogP contribution in [0.4, 0.5) is 13.2 Å². The van der Waals surface area contributed by atoms with E-state index >= 15 is 0 Å². The SMILES string of the molecule is C[C@H](NCc1ccc(-c2cccc(C(F)(F)F)c2)o1)C(=O)O. The molecular weight excluding hydrogens is 299 g/mol. The van der Waals surface area contributed by atoms with E-state index in [2.05, 4.69) is 5.32 Å². The van der Waals surface area contributed by atoms with Gasteiger partial charge < -0.3 is 9.52 Å². The minimum Gasteiger partial charge on any atom is -0.480 e. The number of hydrogen-bond acceptors (Lipinski definition) is 3. The lowest BCUT2D eigenvalue weighted by Crippen LogP contribution is -2.32. The Morgan fingerprint density at radius 2 is 2.05 bits per heavy atom. The molecule has 1 heterocycles. The Morgan fingerprint density at radius 1 is 1.32 bits per heavy atom. The van der Waals surface area contributed by atoms with Crippen molar-refractivity contribution in [2.45, 2.75) is 25.7 Å². The number of hydrogen-bond donors (Lipinski definition) is 2. The topological polar surface area (TPSA) is 62.5 Å². The van der Waals surface area contributed by atoms with Gasteiger partial charge in [0.2, 0.25) is 0 Å². The number of halogens is 3. The van der Waals surface area contributed by atoms with Crippen molar-refractivity contribution in [1.82, 2.24) is 5.32 Å². The van der Waals surface area contributed by atoms with E-state index < -0.39 is 23.8 Å². The molecule has 22 heavy (non-hydrogen) atoms. The Kier molecular flexibility index (Phi) is 4.56. The zero-order valence-electron chi connectivity index (χ0n) is 11.6. The molecule has 1 aromatic heterocycles. The van der Waals surface area contributed by atoms with Crippen LogP contribution in [-0.2, 0) is 17.5 Å². The number of carboxylic acids is 1. The number of benzene rings is 1. The molecule has 0 aliphatic rings. The Labute approximate surface area is 124 Å². The molecule has 1 aromatic carbocycles. The maximum atomic E-state index is 12.7. The van der Waals surface area contributed by atoms with Crippen molar-refractivity contribution < 1.29 is 27.5 Å². The van der Waals surface area contributed by atoms with Gasteiger partial charge >= 0.3 is 12.1 Å². The maximum absolute atomic E-state index is 12.7. The number of nitrogens with one attached hydrogen (secondary N) is 1. The van der Waals surface area contributed by atoms with Crippen LogP contribution < -0.4 is 5.32 Å². The lowest BCUT2D eigenvalue weighted by atomic mass is 10.1. The van der Waals surface area contributed by atoms with Gasteiger partial charge in [0, 0.05) is 5.56 Å². The van der Waals surface area contributed by atoms with Gasteiger partial charge in [-0.05, 0) is 31.2 Å². The largest absolute Gasteiger partial charge is 0.480 e. The highest BCUT2D eigenvalue weighted by Crippen LogP contribution is 2.32. The Hall–Kier alpha value is -2.28. The van der Waals surface area contributed by atoms with Gasteiger partial charge in [0.1, 0.15) is 17.6 Å². The predicted octanol–water partition coefficient (Wildman–Crippen LogP) is 3.53. The fourth-order valence-electron chi connectivity index (χ4n) is 1.82. The number of furan rings is 1. The van der Waals surface area contributed by atoms with E-state index in [9.17, 15) is 18.0 Å². The predicted molar refractivity (Wildman–Crippen MR) is 73.1 cm³/mol. The number of carboxylic acid groups (broad SMARTS) is 1. The van der Waals surface area contributed by atoms with Crippen molar-refractivity contribution in [3.05, 3.63) is 47.7 Å². The molecule has 0 unspecified atom stereocenters. The smallest absolute Gasteiger partial charge is 0.416 e. The Balaban J connectivity index is 2.13. The van der Waals surface area contributed by atoms with Crippen LogP contribution in [0.25, 0.3) is 11.3 Å². The maximum Gasteiger partial charge on any atom is 0.416 e. The minimum absolute atomic E-state index is 0.173. The summed E-state index contributed by atoms with van der Waals surface area (Å²) in [5.74, 6) is -0.254. The van der Waals surface area contributed by atoms with E-state index in [0.717, 1.165) is 12.1 Å². The van der Waals surface area contributed by atoms with E-state index in [0.29, 0.717) is 17.1 Å². The third kappa shape index (κ3) is 3.88. The summed E-state index contributed by atoms with van der Waals surface area (Å²) in [4.78, 5) is 10.7. The van der Waals surface area contributed by atoms with E-state index in [1.165, 1.54) is 19.1 Å². The van der Waals surface area contributed by atoms with Crippen molar-refractivity contribution in [2.24, 2.45) is 0 Å². The van der Waals surface area contributed by atoms with Gasteiger partial charge in [0.05, 0.1) is 12.1 Å². The van der Waals surface area contributed by atoms with Crippen LogP contribution in [0.5, 0.6) is 0 Å². The van der Waals surface area contributed by atoms with Crippen LogP contribution >= 0.6 is 0 Å². The zero-order valence-corrected chi connectivity index (χ0v) is 11.6. The van der Waals surface area contributed by atoms with Crippen LogP contribution in [-0.4, -0.2) is 17.1 Å². The number of rotatable bonds is 5. The van der Waals surface area contributed by atoms with E-state index in [1.54, 1.807) is 12.1 Å². The monoisotopic (exact) mass is 313 g/mol. The van der Waals surface area contributed by atoms with Crippen molar-refractivity contribution >= 4 is 5.97 Å². The van der Waals surface area contributed by atoms with Crippen molar-refractivity contribution in [2.75, 3.05) is 0 Å². The Morgan fingerprint density at radius 3 is 2.68 bits per heavy atom. The summed E-state index contributed by atoms with van der Waals surface area (Å²) in [6.07, 6.45) is -4.41. The fourth-order valence-corrected chi connectivity index (χ4v) is 1.82.